The second-order valence-corrected chi connectivity index (χ2v) is 5.28. The van der Waals surface area contributed by atoms with E-state index in [0.29, 0.717) is 25.3 Å². The predicted octanol–water partition coefficient (Wildman–Crippen LogP) is 1.51. The van der Waals surface area contributed by atoms with E-state index in [1.165, 1.54) is 0 Å². The first-order chi connectivity index (χ1) is 9.54. The Morgan fingerprint density at radius 3 is 2.95 bits per heavy atom. The van der Waals surface area contributed by atoms with Gasteiger partial charge >= 0.3 is 6.03 Å². The number of piperidine rings is 1. The van der Waals surface area contributed by atoms with Crippen LogP contribution in [0.3, 0.4) is 0 Å². The fourth-order valence-corrected chi connectivity index (χ4v) is 2.43. The molecule has 1 aromatic heterocycles. The number of nitrogens with two attached hydrogens (primary N) is 1. The molecular formula is C14H20N4O2. The highest BCUT2D eigenvalue weighted by molar-refractivity contribution is 5.88. The molecule has 3 N–H and O–H groups in total. The summed E-state index contributed by atoms with van der Waals surface area (Å²) in [7, 11) is 0. The van der Waals surface area contributed by atoms with Crippen molar-refractivity contribution in [3.63, 3.8) is 0 Å². The summed E-state index contributed by atoms with van der Waals surface area (Å²) in [5, 5.41) is 2.77. The SMILES string of the molecule is Cc1ccc(NC(=O)N2CCCC(CC(N)=O)C2)nc1. The number of aryl methyl sites for hydroxylation is 1. The van der Waals surface area contributed by atoms with Gasteiger partial charge in [0, 0.05) is 25.7 Å². The van der Waals surface area contributed by atoms with Gasteiger partial charge < -0.3 is 10.6 Å². The lowest BCUT2D eigenvalue weighted by Gasteiger charge is -2.32. The molecule has 6 nitrogen and oxygen atoms in total. The van der Waals surface area contributed by atoms with Gasteiger partial charge in [-0.15, -0.1) is 0 Å². The van der Waals surface area contributed by atoms with Gasteiger partial charge in [-0.1, -0.05) is 6.07 Å². The second kappa shape index (κ2) is 6.36. The zero-order chi connectivity index (χ0) is 14.5. The van der Waals surface area contributed by atoms with Crippen LogP contribution < -0.4 is 11.1 Å². The normalized spacial score (nSPS) is 18.6. The van der Waals surface area contributed by atoms with Gasteiger partial charge in [-0.2, -0.15) is 0 Å². The van der Waals surface area contributed by atoms with Crippen molar-refractivity contribution in [3.05, 3.63) is 23.9 Å². The quantitative estimate of drug-likeness (QED) is 0.877. The molecule has 3 amide bonds. The highest BCUT2D eigenvalue weighted by Gasteiger charge is 2.24. The summed E-state index contributed by atoms with van der Waals surface area (Å²) in [6.07, 6.45) is 3.89. The van der Waals surface area contributed by atoms with E-state index in [4.69, 9.17) is 5.73 Å². The van der Waals surface area contributed by atoms with Crippen molar-refractivity contribution in [1.82, 2.24) is 9.88 Å². The van der Waals surface area contributed by atoms with Crippen LogP contribution in [0.15, 0.2) is 18.3 Å². The van der Waals surface area contributed by atoms with Gasteiger partial charge in [0.15, 0.2) is 0 Å². The van der Waals surface area contributed by atoms with Crippen LogP contribution in [-0.4, -0.2) is 34.9 Å². The minimum Gasteiger partial charge on any atom is -0.370 e. The molecule has 2 rings (SSSR count). The third-order valence-corrected chi connectivity index (χ3v) is 3.44. The molecule has 0 saturated carbocycles. The molecule has 108 valence electrons. The smallest absolute Gasteiger partial charge is 0.323 e. The van der Waals surface area contributed by atoms with Crippen LogP contribution in [-0.2, 0) is 4.79 Å². The molecule has 1 fully saturated rings. The summed E-state index contributed by atoms with van der Waals surface area (Å²) in [5.74, 6) is 0.396. The fourth-order valence-electron chi connectivity index (χ4n) is 2.43. The lowest BCUT2D eigenvalue weighted by Crippen LogP contribution is -2.43. The molecule has 0 radical (unpaired) electrons. The zero-order valence-corrected chi connectivity index (χ0v) is 11.6. The van der Waals surface area contributed by atoms with Gasteiger partial charge in [0.25, 0.3) is 0 Å². The topological polar surface area (TPSA) is 88.3 Å². The first-order valence-electron chi connectivity index (χ1n) is 6.81. The number of hydrogen-bond acceptors (Lipinski definition) is 3. The average Bonchev–Trinajstić information content (AvgIpc) is 2.41. The number of aromatic nitrogens is 1. The van der Waals surface area contributed by atoms with Crippen molar-refractivity contribution in [3.8, 4) is 0 Å². The Morgan fingerprint density at radius 1 is 1.50 bits per heavy atom. The van der Waals surface area contributed by atoms with Crippen LogP contribution in [0.25, 0.3) is 0 Å². The molecular weight excluding hydrogens is 256 g/mol. The molecule has 0 spiro atoms. The molecule has 6 heteroatoms. The van der Waals surface area contributed by atoms with E-state index in [1.807, 2.05) is 13.0 Å². The number of anilines is 1. The Kier molecular flexibility index (Phi) is 4.55. The molecule has 0 bridgehead atoms. The van der Waals surface area contributed by atoms with Gasteiger partial charge in [-0.05, 0) is 37.3 Å². The predicted molar refractivity (Wildman–Crippen MR) is 76.1 cm³/mol. The van der Waals surface area contributed by atoms with Crippen LogP contribution in [0.5, 0.6) is 0 Å². The van der Waals surface area contributed by atoms with Gasteiger partial charge in [-0.3, -0.25) is 10.1 Å². The summed E-state index contributed by atoms with van der Waals surface area (Å²) in [6, 6.07) is 3.50. The van der Waals surface area contributed by atoms with Crippen molar-refractivity contribution < 1.29 is 9.59 Å². The summed E-state index contributed by atoms with van der Waals surface area (Å²) < 4.78 is 0. The molecule has 0 aliphatic carbocycles. The highest BCUT2D eigenvalue weighted by Crippen LogP contribution is 2.20. The molecule has 0 aromatic carbocycles. The number of pyridine rings is 1. The molecule has 1 aromatic rings. The maximum atomic E-state index is 12.1. The number of primary amides is 1. The number of amides is 3. The van der Waals surface area contributed by atoms with Crippen LogP contribution in [0.4, 0.5) is 10.6 Å². The van der Waals surface area contributed by atoms with Crippen LogP contribution in [0.2, 0.25) is 0 Å². The maximum absolute atomic E-state index is 12.1. The highest BCUT2D eigenvalue weighted by atomic mass is 16.2. The van der Waals surface area contributed by atoms with Crippen molar-refractivity contribution in [2.75, 3.05) is 18.4 Å². The second-order valence-electron chi connectivity index (χ2n) is 5.28. The molecule has 1 atom stereocenters. The minimum absolute atomic E-state index is 0.165. The van der Waals surface area contributed by atoms with E-state index in [1.54, 1.807) is 17.2 Å². The Morgan fingerprint density at radius 2 is 2.30 bits per heavy atom. The fraction of sp³-hybridized carbons (Fsp3) is 0.500. The molecule has 1 saturated heterocycles. The van der Waals surface area contributed by atoms with E-state index < -0.39 is 0 Å². The third kappa shape index (κ3) is 3.94. The van der Waals surface area contributed by atoms with Crippen LogP contribution >= 0.6 is 0 Å². The Balaban J connectivity index is 1.91. The lowest BCUT2D eigenvalue weighted by molar-refractivity contribution is -0.119. The van der Waals surface area contributed by atoms with Gasteiger partial charge in [0.05, 0.1) is 0 Å². The average molecular weight is 276 g/mol. The number of carbonyl (C=O) groups excluding carboxylic acids is 2. The van der Waals surface area contributed by atoms with E-state index in [9.17, 15) is 9.59 Å². The van der Waals surface area contributed by atoms with E-state index in [2.05, 4.69) is 10.3 Å². The monoisotopic (exact) mass is 276 g/mol. The number of carbonyl (C=O) groups is 2. The summed E-state index contributed by atoms with van der Waals surface area (Å²) in [4.78, 5) is 29.0. The number of nitrogens with zero attached hydrogens (tertiary/aromatic N) is 2. The largest absolute Gasteiger partial charge is 0.370 e. The van der Waals surface area contributed by atoms with Crippen LogP contribution in [0, 0.1) is 12.8 Å². The summed E-state index contributed by atoms with van der Waals surface area (Å²) >= 11 is 0. The van der Waals surface area contributed by atoms with E-state index in [-0.39, 0.29) is 17.9 Å². The molecule has 1 unspecified atom stereocenters. The lowest BCUT2D eigenvalue weighted by atomic mass is 9.95. The standard InChI is InChI=1S/C14H20N4O2/c1-10-4-5-13(16-8-10)17-14(20)18-6-2-3-11(9-18)7-12(15)19/h4-5,8,11H,2-3,6-7,9H2,1H3,(H2,15,19)(H,16,17,20). The van der Waals surface area contributed by atoms with Gasteiger partial charge in [0.2, 0.25) is 5.91 Å². The first kappa shape index (κ1) is 14.3. The Bertz CT molecular complexity index is 486. The molecule has 1 aliphatic heterocycles. The summed E-state index contributed by atoms with van der Waals surface area (Å²) in [5.41, 5.74) is 6.26. The van der Waals surface area contributed by atoms with Crippen molar-refractivity contribution in [1.29, 1.82) is 0 Å². The van der Waals surface area contributed by atoms with Gasteiger partial charge in [0.1, 0.15) is 5.82 Å². The van der Waals surface area contributed by atoms with Gasteiger partial charge in [-0.25, -0.2) is 9.78 Å². The third-order valence-electron chi connectivity index (χ3n) is 3.44. The maximum Gasteiger partial charge on any atom is 0.323 e. The summed E-state index contributed by atoms with van der Waals surface area (Å²) in [6.45, 7) is 3.21. The Hall–Kier alpha value is -2.11. The first-order valence-corrected chi connectivity index (χ1v) is 6.81. The number of likely N-dealkylation sites (tertiary alicyclic amines) is 1. The van der Waals surface area contributed by atoms with Crippen molar-refractivity contribution >= 4 is 17.8 Å². The Labute approximate surface area is 118 Å². The number of nitrogens with one attached hydrogen (secondary N) is 1. The zero-order valence-electron chi connectivity index (χ0n) is 11.6. The van der Waals surface area contributed by atoms with E-state index >= 15 is 0 Å². The molecule has 1 aliphatic rings. The number of urea groups is 1. The molecule has 20 heavy (non-hydrogen) atoms. The van der Waals surface area contributed by atoms with Crippen molar-refractivity contribution in [2.24, 2.45) is 11.7 Å². The number of rotatable bonds is 3. The number of hydrogen-bond donors (Lipinski definition) is 2. The van der Waals surface area contributed by atoms with E-state index in [0.717, 1.165) is 18.4 Å². The molecule has 2 heterocycles. The minimum atomic E-state index is -0.308. The van der Waals surface area contributed by atoms with Crippen LogP contribution in [0.1, 0.15) is 24.8 Å². The van der Waals surface area contributed by atoms with Crippen molar-refractivity contribution in [2.45, 2.75) is 26.2 Å².